The molecule has 1 aromatic heterocycles. The maximum Gasteiger partial charge on any atom is 0.138 e. The second-order valence-corrected chi connectivity index (χ2v) is 7.98. The molecule has 0 spiro atoms. The van der Waals surface area contributed by atoms with Gasteiger partial charge in [-0.2, -0.15) is 0 Å². The lowest BCUT2D eigenvalue weighted by molar-refractivity contribution is 0.0895. The molecule has 0 aliphatic heterocycles. The van der Waals surface area contributed by atoms with Crippen LogP contribution in [0.1, 0.15) is 45.2 Å². The number of aromatic nitrogens is 2. The number of nitrogens with zero attached hydrogens (tertiary/aromatic N) is 2. The average Bonchev–Trinajstić information content (AvgIpc) is 2.98. The number of imidazole rings is 1. The average molecular weight is 368 g/mol. The van der Waals surface area contributed by atoms with Gasteiger partial charge in [-0.3, -0.25) is 0 Å². The Labute approximate surface area is 160 Å². The standard InChI is InChI=1S/C22H28N2O3/c1-15(25)21-23-19-7-5-6-8-20(19)24(21)13-17(26)14-27-18-11-9-16(10-12-18)22(2,3)4/h5-12,15,17,25-26H,13-14H2,1-4H3/t15-,17-/m0/s1. The normalized spacial score (nSPS) is 14.3. The molecule has 144 valence electrons. The van der Waals surface area contributed by atoms with Crippen LogP contribution in [0.25, 0.3) is 11.0 Å². The van der Waals surface area contributed by atoms with Crippen molar-refractivity contribution >= 4 is 11.0 Å². The Kier molecular flexibility index (Phi) is 5.53. The van der Waals surface area contributed by atoms with Crippen LogP contribution in [0.15, 0.2) is 48.5 Å². The van der Waals surface area contributed by atoms with Crippen molar-refractivity contribution in [2.24, 2.45) is 0 Å². The SMILES string of the molecule is C[C@H](O)c1nc2ccccc2n1C[C@H](O)COc1ccc(C(C)(C)C)cc1. The maximum absolute atomic E-state index is 10.5. The van der Waals surface area contributed by atoms with Crippen molar-refractivity contribution in [2.45, 2.75) is 51.9 Å². The van der Waals surface area contributed by atoms with Gasteiger partial charge in [0, 0.05) is 0 Å². The molecule has 0 saturated heterocycles. The van der Waals surface area contributed by atoms with Crippen LogP contribution in [0, 0.1) is 0 Å². The molecule has 0 radical (unpaired) electrons. The molecule has 1 heterocycles. The fraction of sp³-hybridized carbons (Fsp3) is 0.409. The molecule has 0 bridgehead atoms. The number of hydrogen-bond acceptors (Lipinski definition) is 4. The summed E-state index contributed by atoms with van der Waals surface area (Å²) in [4.78, 5) is 4.48. The summed E-state index contributed by atoms with van der Waals surface area (Å²) < 4.78 is 7.61. The molecule has 3 aromatic rings. The van der Waals surface area contributed by atoms with Gasteiger partial charge in [-0.25, -0.2) is 4.98 Å². The van der Waals surface area contributed by atoms with Gasteiger partial charge < -0.3 is 19.5 Å². The Hall–Kier alpha value is -2.37. The predicted molar refractivity (Wildman–Crippen MR) is 107 cm³/mol. The zero-order valence-corrected chi connectivity index (χ0v) is 16.4. The summed E-state index contributed by atoms with van der Waals surface area (Å²) in [5.74, 6) is 1.28. The fourth-order valence-electron chi connectivity index (χ4n) is 3.11. The van der Waals surface area contributed by atoms with E-state index in [0.717, 1.165) is 16.8 Å². The Morgan fingerprint density at radius 1 is 1.04 bits per heavy atom. The second-order valence-electron chi connectivity index (χ2n) is 7.98. The van der Waals surface area contributed by atoms with Gasteiger partial charge in [0.15, 0.2) is 0 Å². The smallest absolute Gasteiger partial charge is 0.138 e. The Balaban J connectivity index is 1.68. The topological polar surface area (TPSA) is 67.5 Å². The van der Waals surface area contributed by atoms with Crippen LogP contribution < -0.4 is 4.74 Å². The lowest BCUT2D eigenvalue weighted by Gasteiger charge is -2.20. The third kappa shape index (κ3) is 4.49. The Morgan fingerprint density at radius 3 is 2.33 bits per heavy atom. The lowest BCUT2D eigenvalue weighted by atomic mass is 9.87. The van der Waals surface area contributed by atoms with E-state index in [2.05, 4.69) is 37.9 Å². The van der Waals surface area contributed by atoms with Crippen molar-refractivity contribution in [3.05, 3.63) is 59.9 Å². The zero-order chi connectivity index (χ0) is 19.6. The summed E-state index contributed by atoms with van der Waals surface area (Å²) in [6.45, 7) is 8.66. The van der Waals surface area contributed by atoms with Crippen LogP contribution >= 0.6 is 0 Å². The van der Waals surface area contributed by atoms with Crippen LogP contribution in [0.4, 0.5) is 0 Å². The van der Waals surface area contributed by atoms with Crippen LogP contribution in [0.2, 0.25) is 0 Å². The number of aliphatic hydroxyl groups is 2. The third-order valence-electron chi connectivity index (χ3n) is 4.61. The number of para-hydroxylation sites is 2. The summed E-state index contributed by atoms with van der Waals surface area (Å²) in [5, 5.41) is 20.5. The Morgan fingerprint density at radius 2 is 1.70 bits per heavy atom. The molecular weight excluding hydrogens is 340 g/mol. The number of aliphatic hydroxyl groups excluding tert-OH is 2. The van der Waals surface area contributed by atoms with E-state index in [1.54, 1.807) is 6.92 Å². The van der Waals surface area contributed by atoms with E-state index in [4.69, 9.17) is 4.74 Å². The fourth-order valence-corrected chi connectivity index (χ4v) is 3.11. The van der Waals surface area contributed by atoms with Crippen LogP contribution in [0.5, 0.6) is 5.75 Å². The minimum atomic E-state index is -0.720. The minimum Gasteiger partial charge on any atom is -0.491 e. The molecule has 0 amide bonds. The molecule has 2 N–H and O–H groups in total. The van der Waals surface area contributed by atoms with Gasteiger partial charge >= 0.3 is 0 Å². The molecular formula is C22H28N2O3. The number of rotatable bonds is 6. The van der Waals surface area contributed by atoms with Gasteiger partial charge in [0.2, 0.25) is 0 Å². The monoisotopic (exact) mass is 368 g/mol. The number of fused-ring (bicyclic) bond motifs is 1. The molecule has 0 fully saturated rings. The van der Waals surface area contributed by atoms with Gasteiger partial charge in [0.05, 0.1) is 17.6 Å². The Bertz CT molecular complexity index is 892. The molecule has 5 nitrogen and oxygen atoms in total. The summed E-state index contributed by atoms with van der Waals surface area (Å²) in [6.07, 6.45) is -1.43. The number of ether oxygens (including phenoxy) is 1. The van der Waals surface area contributed by atoms with Crippen molar-refractivity contribution in [1.29, 1.82) is 0 Å². The van der Waals surface area contributed by atoms with E-state index in [1.807, 2.05) is 41.0 Å². The van der Waals surface area contributed by atoms with E-state index >= 15 is 0 Å². The van der Waals surface area contributed by atoms with Crippen molar-refractivity contribution in [3.63, 3.8) is 0 Å². The van der Waals surface area contributed by atoms with E-state index in [9.17, 15) is 10.2 Å². The highest BCUT2D eigenvalue weighted by Gasteiger charge is 2.18. The number of benzene rings is 2. The molecule has 5 heteroatoms. The summed E-state index contributed by atoms with van der Waals surface area (Å²) in [5.41, 5.74) is 3.03. The van der Waals surface area contributed by atoms with E-state index in [1.165, 1.54) is 5.56 Å². The summed E-state index contributed by atoms with van der Waals surface area (Å²) in [7, 11) is 0. The van der Waals surface area contributed by atoms with Gasteiger partial charge in [-0.15, -0.1) is 0 Å². The first kappa shape index (κ1) is 19.4. The first-order chi connectivity index (χ1) is 12.8. The molecule has 0 saturated carbocycles. The van der Waals surface area contributed by atoms with E-state index in [-0.39, 0.29) is 12.0 Å². The van der Waals surface area contributed by atoms with E-state index < -0.39 is 12.2 Å². The largest absolute Gasteiger partial charge is 0.491 e. The van der Waals surface area contributed by atoms with Crippen LogP contribution in [0.3, 0.4) is 0 Å². The second kappa shape index (κ2) is 7.71. The van der Waals surface area contributed by atoms with Crippen LogP contribution in [-0.2, 0) is 12.0 Å². The molecule has 0 aliphatic rings. The highest BCUT2D eigenvalue weighted by molar-refractivity contribution is 5.76. The maximum atomic E-state index is 10.5. The van der Waals surface area contributed by atoms with Gasteiger partial charge in [0.1, 0.15) is 30.4 Å². The van der Waals surface area contributed by atoms with Gasteiger partial charge in [-0.1, -0.05) is 45.0 Å². The first-order valence-corrected chi connectivity index (χ1v) is 9.30. The lowest BCUT2D eigenvalue weighted by Crippen LogP contribution is -2.25. The molecule has 3 rings (SSSR count). The van der Waals surface area contributed by atoms with Gasteiger partial charge in [-0.05, 0) is 42.2 Å². The van der Waals surface area contributed by atoms with E-state index in [0.29, 0.717) is 12.4 Å². The zero-order valence-electron chi connectivity index (χ0n) is 16.4. The van der Waals surface area contributed by atoms with Gasteiger partial charge in [0.25, 0.3) is 0 Å². The summed E-state index contributed by atoms with van der Waals surface area (Å²) in [6, 6.07) is 15.6. The summed E-state index contributed by atoms with van der Waals surface area (Å²) >= 11 is 0. The quantitative estimate of drug-likeness (QED) is 0.694. The minimum absolute atomic E-state index is 0.0952. The number of hydrogen-bond donors (Lipinski definition) is 2. The van der Waals surface area contributed by atoms with Crippen molar-refractivity contribution in [2.75, 3.05) is 6.61 Å². The third-order valence-corrected chi connectivity index (χ3v) is 4.61. The predicted octanol–water partition coefficient (Wildman–Crippen LogP) is 3.83. The van der Waals surface area contributed by atoms with Crippen molar-refractivity contribution < 1.29 is 14.9 Å². The van der Waals surface area contributed by atoms with Crippen molar-refractivity contribution in [1.82, 2.24) is 9.55 Å². The highest BCUT2D eigenvalue weighted by Crippen LogP contribution is 2.25. The molecule has 0 aliphatic carbocycles. The molecule has 2 atom stereocenters. The van der Waals surface area contributed by atoms with Crippen LogP contribution in [-0.4, -0.2) is 32.5 Å². The first-order valence-electron chi connectivity index (χ1n) is 9.30. The highest BCUT2D eigenvalue weighted by atomic mass is 16.5. The van der Waals surface area contributed by atoms with Crippen molar-refractivity contribution in [3.8, 4) is 5.75 Å². The molecule has 0 unspecified atom stereocenters. The molecule has 2 aromatic carbocycles. The molecule has 27 heavy (non-hydrogen) atoms.